The molecule has 1 saturated heterocycles. The molecule has 5 nitrogen and oxygen atoms in total. The number of aliphatic hydroxyl groups is 1. The third kappa shape index (κ3) is 2.03. The van der Waals surface area contributed by atoms with Crippen molar-refractivity contribution in [1.82, 2.24) is 14.7 Å². The molecule has 1 fully saturated rings. The first-order valence-electron chi connectivity index (χ1n) is 6.40. The van der Waals surface area contributed by atoms with Crippen molar-refractivity contribution in [2.24, 2.45) is 7.05 Å². The number of amides is 1. The fourth-order valence-corrected chi connectivity index (χ4v) is 2.67. The lowest BCUT2D eigenvalue weighted by Gasteiger charge is -2.46. The molecule has 0 radical (unpaired) electrons. The Morgan fingerprint density at radius 2 is 2.06 bits per heavy atom. The summed E-state index contributed by atoms with van der Waals surface area (Å²) in [4.78, 5) is 14.0. The van der Waals surface area contributed by atoms with E-state index in [1.165, 1.54) is 0 Å². The molecule has 2 rings (SSSR count). The summed E-state index contributed by atoms with van der Waals surface area (Å²) in [5.74, 6) is -0.0149. The van der Waals surface area contributed by atoms with E-state index >= 15 is 0 Å². The maximum atomic E-state index is 12.3. The molecular weight excluding hydrogens is 230 g/mol. The maximum absolute atomic E-state index is 12.3. The van der Waals surface area contributed by atoms with Crippen LogP contribution in [0.3, 0.4) is 0 Å². The highest BCUT2D eigenvalue weighted by atomic mass is 16.3. The maximum Gasteiger partial charge on any atom is 0.257 e. The predicted octanol–water partition coefficient (Wildman–Crippen LogP) is 1.02. The molecule has 1 amide bonds. The van der Waals surface area contributed by atoms with E-state index in [0.29, 0.717) is 18.7 Å². The second kappa shape index (κ2) is 4.39. The van der Waals surface area contributed by atoms with E-state index in [4.69, 9.17) is 0 Å². The molecule has 2 heterocycles. The molecule has 0 saturated carbocycles. The minimum absolute atomic E-state index is 0.0149. The molecule has 1 aromatic heterocycles. The smallest absolute Gasteiger partial charge is 0.257 e. The highest BCUT2D eigenvalue weighted by Crippen LogP contribution is 2.28. The minimum Gasteiger partial charge on any atom is -0.386 e. The van der Waals surface area contributed by atoms with Crippen LogP contribution in [0.4, 0.5) is 0 Å². The Bertz CT molecular complexity index is 473. The zero-order chi connectivity index (χ0) is 13.5. The number of rotatable bonds is 3. The van der Waals surface area contributed by atoms with E-state index in [-0.39, 0.29) is 5.91 Å². The number of nitrogens with zero attached hydrogens (tertiary/aromatic N) is 3. The zero-order valence-corrected chi connectivity index (χ0v) is 11.5. The molecule has 0 spiro atoms. The molecule has 0 aromatic carbocycles. The summed E-state index contributed by atoms with van der Waals surface area (Å²) in [6.07, 6.45) is 1.69. The molecular formula is C13H21N3O2. The van der Waals surface area contributed by atoms with Crippen LogP contribution in [0.25, 0.3) is 0 Å². The van der Waals surface area contributed by atoms with E-state index in [9.17, 15) is 9.90 Å². The first-order valence-corrected chi connectivity index (χ1v) is 6.40. The van der Waals surface area contributed by atoms with Crippen LogP contribution in [0, 0.1) is 13.8 Å². The second-order valence-electron chi connectivity index (χ2n) is 5.30. The van der Waals surface area contributed by atoms with Gasteiger partial charge in [-0.2, -0.15) is 5.10 Å². The first-order chi connectivity index (χ1) is 8.38. The number of aromatic nitrogens is 2. The molecule has 1 aromatic rings. The number of aryl methyl sites for hydroxylation is 2. The predicted molar refractivity (Wildman–Crippen MR) is 68.4 cm³/mol. The van der Waals surface area contributed by atoms with E-state index in [1.54, 1.807) is 9.58 Å². The Labute approximate surface area is 107 Å². The molecule has 0 atom stereocenters. The van der Waals surface area contributed by atoms with Crippen molar-refractivity contribution in [3.05, 3.63) is 17.0 Å². The Kier molecular flexibility index (Phi) is 3.19. The fraction of sp³-hybridized carbons (Fsp3) is 0.692. The van der Waals surface area contributed by atoms with E-state index in [2.05, 4.69) is 5.10 Å². The van der Waals surface area contributed by atoms with Gasteiger partial charge in [-0.05, 0) is 20.3 Å². The van der Waals surface area contributed by atoms with Crippen molar-refractivity contribution in [3.8, 4) is 0 Å². The van der Waals surface area contributed by atoms with Crippen molar-refractivity contribution in [2.45, 2.75) is 39.2 Å². The lowest BCUT2D eigenvalue weighted by Crippen LogP contribution is -2.63. The normalized spacial score (nSPS) is 17.7. The fourth-order valence-electron chi connectivity index (χ4n) is 2.67. The third-order valence-corrected chi connectivity index (χ3v) is 3.70. The molecule has 1 N–H and O–H groups in total. The first kappa shape index (κ1) is 13.1. The van der Waals surface area contributed by atoms with Crippen LogP contribution in [-0.4, -0.2) is 44.4 Å². The van der Waals surface area contributed by atoms with Crippen molar-refractivity contribution in [3.63, 3.8) is 0 Å². The van der Waals surface area contributed by atoms with Gasteiger partial charge < -0.3 is 10.0 Å². The van der Waals surface area contributed by atoms with E-state index in [0.717, 1.165) is 24.2 Å². The topological polar surface area (TPSA) is 58.4 Å². The van der Waals surface area contributed by atoms with Gasteiger partial charge in [-0.1, -0.05) is 13.3 Å². The van der Waals surface area contributed by atoms with Crippen molar-refractivity contribution in [1.29, 1.82) is 0 Å². The highest BCUT2D eigenvalue weighted by Gasteiger charge is 2.43. The van der Waals surface area contributed by atoms with Crippen LogP contribution in [0.5, 0.6) is 0 Å². The van der Waals surface area contributed by atoms with Crippen molar-refractivity contribution < 1.29 is 9.90 Å². The van der Waals surface area contributed by atoms with E-state index < -0.39 is 5.60 Å². The van der Waals surface area contributed by atoms with Crippen LogP contribution < -0.4 is 0 Å². The Balaban J connectivity index is 2.11. The van der Waals surface area contributed by atoms with E-state index in [1.807, 2.05) is 27.8 Å². The molecule has 5 heteroatoms. The monoisotopic (exact) mass is 251 g/mol. The van der Waals surface area contributed by atoms with Crippen LogP contribution in [0.15, 0.2) is 0 Å². The summed E-state index contributed by atoms with van der Waals surface area (Å²) < 4.78 is 1.72. The highest BCUT2D eigenvalue weighted by molar-refractivity contribution is 5.97. The molecule has 0 aliphatic carbocycles. The van der Waals surface area contributed by atoms with Crippen LogP contribution in [0.2, 0.25) is 0 Å². The van der Waals surface area contributed by atoms with Crippen LogP contribution in [-0.2, 0) is 7.05 Å². The standard InChI is InChI=1S/C13H21N3O2/c1-5-6-13(18)7-16(8-13)12(17)11-9(2)14-15(4)10(11)3/h18H,5-8H2,1-4H3. The Hall–Kier alpha value is -1.36. The van der Waals surface area contributed by atoms with Gasteiger partial charge in [0, 0.05) is 12.7 Å². The number of carbonyl (C=O) groups excluding carboxylic acids is 1. The number of carbonyl (C=O) groups is 1. The third-order valence-electron chi connectivity index (χ3n) is 3.70. The molecule has 18 heavy (non-hydrogen) atoms. The second-order valence-corrected chi connectivity index (χ2v) is 5.30. The molecule has 1 aliphatic rings. The van der Waals surface area contributed by atoms with Crippen LogP contribution in [0.1, 0.15) is 41.5 Å². The van der Waals surface area contributed by atoms with Gasteiger partial charge in [0.2, 0.25) is 0 Å². The molecule has 1 aliphatic heterocycles. The van der Waals surface area contributed by atoms with Gasteiger partial charge in [-0.15, -0.1) is 0 Å². The number of hydrogen-bond donors (Lipinski definition) is 1. The lowest BCUT2D eigenvalue weighted by atomic mass is 9.88. The minimum atomic E-state index is -0.672. The SMILES string of the molecule is CCCC1(O)CN(C(=O)c2c(C)nn(C)c2C)C1. The van der Waals surface area contributed by atoms with Crippen molar-refractivity contribution >= 4 is 5.91 Å². The summed E-state index contributed by atoms with van der Waals surface area (Å²) in [7, 11) is 1.84. The Morgan fingerprint density at radius 3 is 2.50 bits per heavy atom. The van der Waals surface area contributed by atoms with Gasteiger partial charge in [-0.25, -0.2) is 0 Å². The molecule has 0 bridgehead atoms. The van der Waals surface area contributed by atoms with Crippen molar-refractivity contribution in [2.75, 3.05) is 13.1 Å². The average Bonchev–Trinajstić information content (AvgIpc) is 2.49. The van der Waals surface area contributed by atoms with Gasteiger partial charge in [0.25, 0.3) is 5.91 Å². The van der Waals surface area contributed by atoms with Gasteiger partial charge in [0.15, 0.2) is 0 Å². The molecule has 100 valence electrons. The van der Waals surface area contributed by atoms with Gasteiger partial charge in [-0.3, -0.25) is 9.48 Å². The summed E-state index contributed by atoms with van der Waals surface area (Å²) in [5, 5.41) is 14.4. The summed E-state index contributed by atoms with van der Waals surface area (Å²) >= 11 is 0. The van der Waals surface area contributed by atoms with Crippen LogP contribution >= 0.6 is 0 Å². The number of β-amino-alcohol motifs (C(OH)–C–C–N with tert-alkyl or cyclic N) is 1. The summed E-state index contributed by atoms with van der Waals surface area (Å²) in [6, 6.07) is 0. The zero-order valence-electron chi connectivity index (χ0n) is 11.5. The summed E-state index contributed by atoms with van der Waals surface area (Å²) in [6.45, 7) is 6.66. The quantitative estimate of drug-likeness (QED) is 0.872. The Morgan fingerprint density at radius 1 is 1.44 bits per heavy atom. The molecule has 0 unspecified atom stereocenters. The average molecular weight is 251 g/mol. The van der Waals surface area contributed by atoms with Gasteiger partial charge >= 0.3 is 0 Å². The largest absolute Gasteiger partial charge is 0.386 e. The van der Waals surface area contributed by atoms with Gasteiger partial charge in [0.05, 0.1) is 29.9 Å². The number of likely N-dealkylation sites (tertiary alicyclic amines) is 1. The lowest BCUT2D eigenvalue weighted by molar-refractivity contribution is -0.0860. The summed E-state index contributed by atoms with van der Waals surface area (Å²) in [5.41, 5.74) is 1.64. The number of hydrogen-bond acceptors (Lipinski definition) is 3. The van der Waals surface area contributed by atoms with Gasteiger partial charge in [0.1, 0.15) is 0 Å².